The van der Waals surface area contributed by atoms with Crippen molar-refractivity contribution in [2.45, 2.75) is 20.0 Å². The van der Waals surface area contributed by atoms with Crippen LogP contribution in [0.4, 0.5) is 0 Å². The van der Waals surface area contributed by atoms with Gasteiger partial charge < -0.3 is 9.88 Å². The van der Waals surface area contributed by atoms with Gasteiger partial charge in [-0.05, 0) is 19.5 Å². The molecule has 0 atom stereocenters. The van der Waals surface area contributed by atoms with E-state index in [-0.39, 0.29) is 0 Å². The van der Waals surface area contributed by atoms with E-state index < -0.39 is 0 Å². The van der Waals surface area contributed by atoms with Gasteiger partial charge in [-0.25, -0.2) is 4.98 Å². The number of nitrogens with one attached hydrogen (secondary N) is 1. The predicted octanol–water partition coefficient (Wildman–Crippen LogP) is 1.96. The fourth-order valence-corrected chi connectivity index (χ4v) is 1.71. The number of rotatable bonds is 4. The van der Waals surface area contributed by atoms with E-state index in [4.69, 9.17) is 0 Å². The normalized spacial score (nSPS) is 10.6. The molecule has 1 aromatic carbocycles. The molecule has 1 aromatic heterocycles. The molecule has 0 saturated carbocycles. The maximum atomic E-state index is 4.18. The molecule has 0 aliphatic carbocycles. The zero-order valence-corrected chi connectivity index (χ0v) is 9.77. The van der Waals surface area contributed by atoms with Crippen LogP contribution in [0.5, 0.6) is 0 Å². The standard InChI is InChI=1S/C13H17N3/c1-11-3-5-12(6-4-11)9-16-10-15-8-13(16)7-14-2/h3-6,8,10,14H,7,9H2,1-2H3. The van der Waals surface area contributed by atoms with Crippen LogP contribution in [0.1, 0.15) is 16.8 Å². The zero-order chi connectivity index (χ0) is 11.4. The maximum absolute atomic E-state index is 4.18. The van der Waals surface area contributed by atoms with Gasteiger partial charge in [0.15, 0.2) is 0 Å². The number of benzene rings is 1. The lowest BCUT2D eigenvalue weighted by molar-refractivity contribution is 0.692. The van der Waals surface area contributed by atoms with Crippen molar-refractivity contribution in [2.24, 2.45) is 0 Å². The molecule has 0 fully saturated rings. The summed E-state index contributed by atoms with van der Waals surface area (Å²) in [7, 11) is 1.95. The smallest absolute Gasteiger partial charge is 0.0951 e. The van der Waals surface area contributed by atoms with Crippen molar-refractivity contribution >= 4 is 0 Å². The molecular weight excluding hydrogens is 198 g/mol. The minimum absolute atomic E-state index is 0.853. The molecule has 16 heavy (non-hydrogen) atoms. The molecule has 3 nitrogen and oxygen atoms in total. The molecule has 3 heteroatoms. The minimum atomic E-state index is 0.853. The number of aryl methyl sites for hydroxylation is 1. The van der Waals surface area contributed by atoms with Crippen LogP contribution < -0.4 is 5.32 Å². The van der Waals surface area contributed by atoms with E-state index in [0.29, 0.717) is 0 Å². The highest BCUT2D eigenvalue weighted by Gasteiger charge is 2.01. The van der Waals surface area contributed by atoms with Crippen LogP contribution in [0.25, 0.3) is 0 Å². The van der Waals surface area contributed by atoms with E-state index >= 15 is 0 Å². The lowest BCUT2D eigenvalue weighted by atomic mass is 10.1. The van der Waals surface area contributed by atoms with Crippen LogP contribution in [0.3, 0.4) is 0 Å². The van der Waals surface area contributed by atoms with Crippen molar-refractivity contribution in [3.05, 3.63) is 53.6 Å². The average Bonchev–Trinajstić information content (AvgIpc) is 2.70. The van der Waals surface area contributed by atoms with Crippen molar-refractivity contribution in [2.75, 3.05) is 7.05 Å². The summed E-state index contributed by atoms with van der Waals surface area (Å²) in [5, 5.41) is 3.14. The van der Waals surface area contributed by atoms with Crippen molar-refractivity contribution in [1.29, 1.82) is 0 Å². The second-order valence-corrected chi connectivity index (χ2v) is 4.03. The second-order valence-electron chi connectivity index (χ2n) is 4.03. The van der Waals surface area contributed by atoms with Crippen molar-refractivity contribution in [3.8, 4) is 0 Å². The third kappa shape index (κ3) is 2.49. The van der Waals surface area contributed by atoms with E-state index in [1.807, 2.05) is 19.6 Å². The molecule has 0 spiro atoms. The van der Waals surface area contributed by atoms with Gasteiger partial charge in [-0.15, -0.1) is 0 Å². The van der Waals surface area contributed by atoms with E-state index in [1.54, 1.807) is 0 Å². The molecule has 0 radical (unpaired) electrons. The van der Waals surface area contributed by atoms with Gasteiger partial charge in [-0.1, -0.05) is 29.8 Å². The first kappa shape index (κ1) is 10.9. The monoisotopic (exact) mass is 215 g/mol. The fraction of sp³-hybridized carbons (Fsp3) is 0.308. The topological polar surface area (TPSA) is 29.9 Å². The Morgan fingerprint density at radius 3 is 2.69 bits per heavy atom. The van der Waals surface area contributed by atoms with Crippen molar-refractivity contribution in [3.63, 3.8) is 0 Å². The summed E-state index contributed by atoms with van der Waals surface area (Å²) < 4.78 is 2.17. The van der Waals surface area contributed by atoms with E-state index in [9.17, 15) is 0 Å². The first-order valence-electron chi connectivity index (χ1n) is 5.49. The lowest BCUT2D eigenvalue weighted by Gasteiger charge is -2.08. The van der Waals surface area contributed by atoms with Gasteiger partial charge in [-0.2, -0.15) is 0 Å². The average molecular weight is 215 g/mol. The molecule has 0 bridgehead atoms. The summed E-state index contributed by atoms with van der Waals surface area (Å²) in [5.41, 5.74) is 3.81. The third-order valence-electron chi connectivity index (χ3n) is 2.63. The Labute approximate surface area is 96.1 Å². The number of hydrogen-bond acceptors (Lipinski definition) is 2. The summed E-state index contributed by atoms with van der Waals surface area (Å²) in [6.07, 6.45) is 3.79. The minimum Gasteiger partial charge on any atom is -0.329 e. The van der Waals surface area contributed by atoms with Gasteiger partial charge >= 0.3 is 0 Å². The number of nitrogens with zero attached hydrogens (tertiary/aromatic N) is 2. The summed E-state index contributed by atoms with van der Waals surface area (Å²) in [6, 6.07) is 8.62. The van der Waals surface area contributed by atoms with Crippen LogP contribution in [-0.2, 0) is 13.1 Å². The summed E-state index contributed by atoms with van der Waals surface area (Å²) in [4.78, 5) is 4.18. The fourth-order valence-electron chi connectivity index (χ4n) is 1.71. The second kappa shape index (κ2) is 4.94. The molecule has 1 N–H and O–H groups in total. The molecule has 0 aliphatic heterocycles. The Balaban J connectivity index is 2.13. The quantitative estimate of drug-likeness (QED) is 0.845. The van der Waals surface area contributed by atoms with Crippen LogP contribution in [0.2, 0.25) is 0 Å². The predicted molar refractivity (Wildman–Crippen MR) is 65.3 cm³/mol. The van der Waals surface area contributed by atoms with Gasteiger partial charge in [0.1, 0.15) is 0 Å². The Morgan fingerprint density at radius 2 is 2.00 bits per heavy atom. The molecule has 0 aliphatic rings. The van der Waals surface area contributed by atoms with Crippen molar-refractivity contribution in [1.82, 2.24) is 14.9 Å². The highest BCUT2D eigenvalue weighted by molar-refractivity contribution is 5.22. The molecular formula is C13H17N3. The van der Waals surface area contributed by atoms with Gasteiger partial charge in [0.25, 0.3) is 0 Å². The highest BCUT2D eigenvalue weighted by Crippen LogP contribution is 2.07. The highest BCUT2D eigenvalue weighted by atomic mass is 15.1. The van der Waals surface area contributed by atoms with Gasteiger partial charge in [0.2, 0.25) is 0 Å². The third-order valence-corrected chi connectivity index (χ3v) is 2.63. The zero-order valence-electron chi connectivity index (χ0n) is 9.77. The number of imidazole rings is 1. The largest absolute Gasteiger partial charge is 0.329 e. The van der Waals surface area contributed by atoms with Crippen LogP contribution >= 0.6 is 0 Å². The van der Waals surface area contributed by atoms with Gasteiger partial charge in [0.05, 0.1) is 12.0 Å². The Kier molecular flexibility index (Phi) is 3.37. The van der Waals surface area contributed by atoms with Crippen molar-refractivity contribution < 1.29 is 0 Å². The SMILES string of the molecule is CNCc1cncn1Cc1ccc(C)cc1. The summed E-state index contributed by atoms with van der Waals surface area (Å²) >= 11 is 0. The van der Waals surface area contributed by atoms with Crippen LogP contribution in [0.15, 0.2) is 36.8 Å². The first-order valence-corrected chi connectivity index (χ1v) is 5.49. The Morgan fingerprint density at radius 1 is 1.25 bits per heavy atom. The van der Waals surface area contributed by atoms with Crippen LogP contribution in [-0.4, -0.2) is 16.6 Å². The molecule has 0 saturated heterocycles. The summed E-state index contributed by atoms with van der Waals surface area (Å²) in [6.45, 7) is 3.84. The van der Waals surface area contributed by atoms with Gasteiger partial charge in [-0.3, -0.25) is 0 Å². The lowest BCUT2D eigenvalue weighted by Crippen LogP contribution is -2.11. The Bertz CT molecular complexity index is 442. The summed E-state index contributed by atoms with van der Waals surface area (Å²) in [5.74, 6) is 0. The first-order chi connectivity index (χ1) is 7.79. The molecule has 0 unspecified atom stereocenters. The maximum Gasteiger partial charge on any atom is 0.0951 e. The molecule has 84 valence electrons. The van der Waals surface area contributed by atoms with E-state index in [0.717, 1.165) is 13.1 Å². The molecule has 0 amide bonds. The van der Waals surface area contributed by atoms with E-state index in [2.05, 4.69) is 46.1 Å². The molecule has 1 heterocycles. The van der Waals surface area contributed by atoms with E-state index in [1.165, 1.54) is 16.8 Å². The Hall–Kier alpha value is -1.61. The molecule has 2 rings (SSSR count). The van der Waals surface area contributed by atoms with Crippen LogP contribution in [0, 0.1) is 6.92 Å². The number of aromatic nitrogens is 2. The number of hydrogen-bond donors (Lipinski definition) is 1. The molecule has 2 aromatic rings. The van der Waals surface area contributed by atoms with Gasteiger partial charge in [0, 0.05) is 19.3 Å².